The number of halogens is 3. The fraction of sp³-hybridized carbons (Fsp3) is 0.0769. The van der Waals surface area contributed by atoms with Gasteiger partial charge in [0.1, 0.15) is 0 Å². The molecule has 104 valence electrons. The number of nitro benzene ring substituents is 1. The van der Waals surface area contributed by atoms with Gasteiger partial charge in [0.2, 0.25) is 5.82 Å². The van der Waals surface area contributed by atoms with Crippen LogP contribution in [0.25, 0.3) is 0 Å². The third kappa shape index (κ3) is 3.55. The zero-order valence-electron chi connectivity index (χ0n) is 10.1. The van der Waals surface area contributed by atoms with E-state index < -0.39 is 16.4 Å². The minimum Gasteiger partial charge on any atom is -0.380 e. The molecule has 0 spiro atoms. The molecule has 0 bridgehead atoms. The first-order valence-electron chi connectivity index (χ1n) is 5.59. The van der Waals surface area contributed by atoms with E-state index in [1.54, 1.807) is 0 Å². The van der Waals surface area contributed by atoms with Gasteiger partial charge in [-0.25, -0.2) is 0 Å². The molecule has 0 saturated carbocycles. The molecule has 2 aromatic carbocycles. The minimum absolute atomic E-state index is 0.370. The quantitative estimate of drug-likeness (QED) is 0.585. The number of nitro groups is 1. The third-order valence-electron chi connectivity index (χ3n) is 2.62. The Hall–Kier alpha value is -1.47. The van der Waals surface area contributed by atoms with Gasteiger partial charge in [0.25, 0.3) is 0 Å². The standard InChI is InChI=1S/C13H9Br2FN2O2/c14-9-2-3-12(10(15)6-9)17-7-8-1-4-13(18(19)20)11(16)5-8/h1-6,17H,7H2. The molecule has 0 aliphatic heterocycles. The first-order valence-corrected chi connectivity index (χ1v) is 7.17. The Labute approximate surface area is 131 Å². The van der Waals surface area contributed by atoms with Crippen molar-refractivity contribution in [1.82, 2.24) is 0 Å². The molecule has 0 fully saturated rings. The SMILES string of the molecule is O=[N+]([O-])c1ccc(CNc2ccc(Br)cc2Br)cc1F. The number of rotatable bonds is 4. The molecule has 0 aliphatic carbocycles. The van der Waals surface area contributed by atoms with Crippen molar-refractivity contribution < 1.29 is 9.31 Å². The smallest absolute Gasteiger partial charge is 0.304 e. The molecule has 0 saturated heterocycles. The number of nitrogens with one attached hydrogen (secondary N) is 1. The number of hydrogen-bond acceptors (Lipinski definition) is 3. The van der Waals surface area contributed by atoms with Crippen LogP contribution in [-0.2, 0) is 6.54 Å². The molecule has 0 heterocycles. The summed E-state index contributed by atoms with van der Waals surface area (Å²) in [6.07, 6.45) is 0. The summed E-state index contributed by atoms with van der Waals surface area (Å²) in [5, 5.41) is 13.7. The Morgan fingerprint density at radius 1 is 1.20 bits per heavy atom. The van der Waals surface area contributed by atoms with E-state index in [0.29, 0.717) is 12.1 Å². The summed E-state index contributed by atoms with van der Waals surface area (Å²) < 4.78 is 15.3. The van der Waals surface area contributed by atoms with Gasteiger partial charge in [-0.15, -0.1) is 0 Å². The highest BCUT2D eigenvalue weighted by atomic mass is 79.9. The Bertz CT molecular complexity index is 665. The van der Waals surface area contributed by atoms with E-state index in [9.17, 15) is 14.5 Å². The zero-order chi connectivity index (χ0) is 14.7. The van der Waals surface area contributed by atoms with Crippen LogP contribution in [0, 0.1) is 15.9 Å². The monoisotopic (exact) mass is 402 g/mol. The maximum absolute atomic E-state index is 13.5. The van der Waals surface area contributed by atoms with Gasteiger partial charge < -0.3 is 5.32 Å². The number of nitrogens with zero attached hydrogens (tertiary/aromatic N) is 1. The van der Waals surface area contributed by atoms with Crippen LogP contribution in [0.4, 0.5) is 15.8 Å². The molecular weight excluding hydrogens is 395 g/mol. The Kier molecular flexibility index (Phi) is 4.72. The van der Waals surface area contributed by atoms with E-state index >= 15 is 0 Å². The van der Waals surface area contributed by atoms with E-state index in [4.69, 9.17) is 0 Å². The van der Waals surface area contributed by atoms with Crippen LogP contribution in [0.2, 0.25) is 0 Å². The second kappa shape index (κ2) is 6.32. The van der Waals surface area contributed by atoms with Crippen molar-refractivity contribution in [2.45, 2.75) is 6.54 Å². The average Bonchev–Trinajstić information content (AvgIpc) is 2.37. The van der Waals surface area contributed by atoms with Crippen LogP contribution < -0.4 is 5.32 Å². The lowest BCUT2D eigenvalue weighted by atomic mass is 10.2. The van der Waals surface area contributed by atoms with E-state index in [0.717, 1.165) is 20.7 Å². The number of hydrogen-bond donors (Lipinski definition) is 1. The van der Waals surface area contributed by atoms with Crippen molar-refractivity contribution in [3.8, 4) is 0 Å². The topological polar surface area (TPSA) is 55.2 Å². The molecule has 2 rings (SSSR count). The van der Waals surface area contributed by atoms with E-state index in [1.165, 1.54) is 12.1 Å². The lowest BCUT2D eigenvalue weighted by Gasteiger charge is -2.09. The summed E-state index contributed by atoms with van der Waals surface area (Å²) >= 11 is 6.76. The number of benzene rings is 2. The Morgan fingerprint density at radius 3 is 2.55 bits per heavy atom. The first kappa shape index (κ1) is 14.9. The summed E-state index contributed by atoms with van der Waals surface area (Å²) in [5.74, 6) is -0.829. The van der Waals surface area contributed by atoms with Crippen LogP contribution >= 0.6 is 31.9 Å². The lowest BCUT2D eigenvalue weighted by Crippen LogP contribution is -2.01. The van der Waals surface area contributed by atoms with E-state index in [1.807, 2.05) is 18.2 Å². The highest BCUT2D eigenvalue weighted by Gasteiger charge is 2.13. The van der Waals surface area contributed by atoms with E-state index in [2.05, 4.69) is 37.2 Å². The molecule has 4 nitrogen and oxygen atoms in total. The molecular formula is C13H9Br2FN2O2. The Balaban J connectivity index is 2.11. The largest absolute Gasteiger partial charge is 0.380 e. The highest BCUT2D eigenvalue weighted by molar-refractivity contribution is 9.11. The third-order valence-corrected chi connectivity index (χ3v) is 3.77. The zero-order valence-corrected chi connectivity index (χ0v) is 13.2. The predicted octanol–water partition coefficient (Wildman–Crippen LogP) is 4.87. The molecule has 1 N–H and O–H groups in total. The van der Waals surface area contributed by atoms with Crippen LogP contribution in [0.5, 0.6) is 0 Å². The first-order chi connectivity index (χ1) is 9.47. The summed E-state index contributed by atoms with van der Waals surface area (Å²) in [5.41, 5.74) is 0.966. The normalized spacial score (nSPS) is 10.3. The van der Waals surface area contributed by atoms with Gasteiger partial charge in [-0.05, 0) is 45.8 Å². The maximum atomic E-state index is 13.5. The summed E-state index contributed by atoms with van der Waals surface area (Å²) in [6.45, 7) is 0.370. The minimum atomic E-state index is -0.829. The molecule has 0 amide bonds. The second-order valence-corrected chi connectivity index (χ2v) is 5.79. The van der Waals surface area contributed by atoms with Gasteiger partial charge in [-0.1, -0.05) is 22.0 Å². The number of anilines is 1. The lowest BCUT2D eigenvalue weighted by molar-refractivity contribution is -0.387. The predicted molar refractivity (Wildman–Crippen MR) is 82.2 cm³/mol. The molecule has 0 radical (unpaired) electrons. The van der Waals surface area contributed by atoms with Crippen LogP contribution in [0.15, 0.2) is 45.3 Å². The van der Waals surface area contributed by atoms with Crippen molar-refractivity contribution in [2.75, 3.05) is 5.32 Å². The highest BCUT2D eigenvalue weighted by Crippen LogP contribution is 2.27. The van der Waals surface area contributed by atoms with Crippen LogP contribution in [-0.4, -0.2) is 4.92 Å². The average molecular weight is 404 g/mol. The van der Waals surface area contributed by atoms with Crippen LogP contribution in [0.1, 0.15) is 5.56 Å². The van der Waals surface area contributed by atoms with Gasteiger partial charge in [-0.3, -0.25) is 10.1 Å². The van der Waals surface area contributed by atoms with Crippen molar-refractivity contribution in [3.05, 3.63) is 66.8 Å². The van der Waals surface area contributed by atoms with Gasteiger partial charge in [0, 0.05) is 27.2 Å². The second-order valence-electron chi connectivity index (χ2n) is 4.02. The summed E-state index contributed by atoms with van der Waals surface area (Å²) in [7, 11) is 0. The van der Waals surface area contributed by atoms with E-state index in [-0.39, 0.29) is 0 Å². The molecule has 7 heteroatoms. The van der Waals surface area contributed by atoms with Gasteiger partial charge in [0.05, 0.1) is 4.92 Å². The summed E-state index contributed by atoms with van der Waals surface area (Å²) in [6, 6.07) is 9.50. The van der Waals surface area contributed by atoms with Gasteiger partial charge in [0.15, 0.2) is 0 Å². The van der Waals surface area contributed by atoms with Gasteiger partial charge >= 0.3 is 5.69 Å². The molecule has 2 aromatic rings. The van der Waals surface area contributed by atoms with Crippen molar-refractivity contribution in [2.24, 2.45) is 0 Å². The fourth-order valence-corrected chi connectivity index (χ4v) is 2.83. The molecule has 0 aliphatic rings. The molecule has 0 unspecified atom stereocenters. The van der Waals surface area contributed by atoms with Gasteiger partial charge in [-0.2, -0.15) is 4.39 Å². The Morgan fingerprint density at radius 2 is 1.95 bits per heavy atom. The van der Waals surface area contributed by atoms with Crippen molar-refractivity contribution in [1.29, 1.82) is 0 Å². The fourth-order valence-electron chi connectivity index (χ4n) is 1.64. The summed E-state index contributed by atoms with van der Waals surface area (Å²) in [4.78, 5) is 9.79. The van der Waals surface area contributed by atoms with Crippen molar-refractivity contribution >= 4 is 43.2 Å². The maximum Gasteiger partial charge on any atom is 0.304 e. The van der Waals surface area contributed by atoms with Crippen LogP contribution in [0.3, 0.4) is 0 Å². The van der Waals surface area contributed by atoms with Crippen molar-refractivity contribution in [3.63, 3.8) is 0 Å². The molecule has 0 aromatic heterocycles. The molecule has 20 heavy (non-hydrogen) atoms. The molecule has 0 atom stereocenters.